The van der Waals surface area contributed by atoms with Crippen LogP contribution >= 0.6 is 0 Å². The molecule has 8 heteroatoms. The van der Waals surface area contributed by atoms with Gasteiger partial charge in [0.25, 0.3) is 0 Å². The molecule has 3 aromatic rings. The number of carboxylic acids is 2. The lowest BCUT2D eigenvalue weighted by Crippen LogP contribution is -2.03. The van der Waals surface area contributed by atoms with Crippen molar-refractivity contribution in [2.24, 2.45) is 0 Å². The molecule has 3 rings (SSSR count). The molecule has 0 spiro atoms. The van der Waals surface area contributed by atoms with E-state index >= 15 is 0 Å². The Kier molecular flexibility index (Phi) is 7.25. The quantitative estimate of drug-likeness (QED) is 0.371. The number of rotatable bonds is 6. The van der Waals surface area contributed by atoms with Gasteiger partial charge < -0.3 is 20.3 Å². The standard InChI is InChI=1S/C17H16N2O2.C4H4O4/c1-11-14(19-10-18-11)7-9-16(21)17-13-5-3-2-4-12(13)6-8-15(17)20;5-3(6)1-2-4(7)8/h2-6,8,10,20H,7,9H2,1H3,(H,18,19);1-2H,(H,5,6)(H,7,8)/b;2-1-. The normalized spacial score (nSPS) is 10.5. The van der Waals surface area contributed by atoms with E-state index in [1.54, 1.807) is 12.4 Å². The average Bonchev–Trinajstić information content (AvgIpc) is 3.09. The van der Waals surface area contributed by atoms with Gasteiger partial charge in [-0.1, -0.05) is 30.3 Å². The average molecular weight is 396 g/mol. The van der Waals surface area contributed by atoms with Crippen LogP contribution in [0, 0.1) is 6.92 Å². The fourth-order valence-corrected chi connectivity index (χ4v) is 2.69. The first kappa shape index (κ1) is 21.4. The van der Waals surface area contributed by atoms with Gasteiger partial charge in [-0.05, 0) is 30.2 Å². The molecule has 0 amide bonds. The van der Waals surface area contributed by atoms with Gasteiger partial charge in [-0.15, -0.1) is 0 Å². The molecule has 2 aromatic carbocycles. The fraction of sp³-hybridized carbons (Fsp3) is 0.143. The Morgan fingerprint density at radius 3 is 2.28 bits per heavy atom. The van der Waals surface area contributed by atoms with Crippen molar-refractivity contribution in [2.45, 2.75) is 19.8 Å². The maximum absolute atomic E-state index is 12.5. The molecule has 0 saturated heterocycles. The summed E-state index contributed by atoms with van der Waals surface area (Å²) in [5, 5.41) is 27.4. The van der Waals surface area contributed by atoms with Crippen LogP contribution in [0.1, 0.15) is 28.2 Å². The SMILES string of the molecule is Cc1[nH]cnc1CCC(=O)c1c(O)ccc2ccccc12.O=C(O)/C=C\C(=O)O. The molecule has 0 aliphatic carbocycles. The number of aromatic nitrogens is 2. The number of aromatic hydroxyl groups is 1. The number of benzene rings is 2. The van der Waals surface area contributed by atoms with Crippen LogP contribution in [-0.2, 0) is 16.0 Å². The molecule has 0 fully saturated rings. The Morgan fingerprint density at radius 1 is 1.03 bits per heavy atom. The minimum Gasteiger partial charge on any atom is -0.507 e. The van der Waals surface area contributed by atoms with E-state index in [1.165, 1.54) is 0 Å². The van der Waals surface area contributed by atoms with Gasteiger partial charge in [0.05, 0.1) is 17.6 Å². The number of Topliss-reactive ketones (excluding diaryl/α,β-unsaturated/α-hetero) is 1. The number of nitrogens with one attached hydrogen (secondary N) is 1. The maximum atomic E-state index is 12.5. The van der Waals surface area contributed by atoms with Crippen molar-refractivity contribution in [1.82, 2.24) is 9.97 Å². The van der Waals surface area contributed by atoms with Gasteiger partial charge in [0.2, 0.25) is 0 Å². The number of imidazole rings is 1. The van der Waals surface area contributed by atoms with E-state index in [4.69, 9.17) is 10.2 Å². The number of ketones is 1. The number of aryl methyl sites for hydroxylation is 2. The smallest absolute Gasteiger partial charge is 0.328 e. The van der Waals surface area contributed by atoms with Crippen molar-refractivity contribution in [1.29, 1.82) is 0 Å². The molecule has 8 nitrogen and oxygen atoms in total. The van der Waals surface area contributed by atoms with Gasteiger partial charge in [0, 0.05) is 24.3 Å². The molecule has 0 atom stereocenters. The second-order valence-corrected chi connectivity index (χ2v) is 6.09. The minimum atomic E-state index is -1.26. The van der Waals surface area contributed by atoms with E-state index in [1.807, 2.05) is 37.3 Å². The zero-order valence-electron chi connectivity index (χ0n) is 15.6. The van der Waals surface area contributed by atoms with E-state index in [0.717, 1.165) is 22.2 Å². The van der Waals surface area contributed by atoms with Crippen molar-refractivity contribution in [3.05, 3.63) is 71.8 Å². The number of aliphatic carboxylic acids is 2. The highest BCUT2D eigenvalue weighted by atomic mass is 16.4. The van der Waals surface area contributed by atoms with Gasteiger partial charge in [0.1, 0.15) is 5.75 Å². The Balaban J connectivity index is 0.000000321. The summed E-state index contributed by atoms with van der Waals surface area (Å²) in [5.74, 6) is -2.54. The third-order valence-electron chi connectivity index (χ3n) is 4.08. The molecule has 0 aliphatic heterocycles. The number of nitrogens with zero attached hydrogens (tertiary/aromatic N) is 1. The van der Waals surface area contributed by atoms with Gasteiger partial charge in [-0.3, -0.25) is 4.79 Å². The zero-order chi connectivity index (χ0) is 21.4. The number of hydrogen-bond acceptors (Lipinski definition) is 5. The van der Waals surface area contributed by atoms with E-state index in [9.17, 15) is 19.5 Å². The van der Waals surface area contributed by atoms with E-state index in [0.29, 0.717) is 30.6 Å². The van der Waals surface area contributed by atoms with Crippen LogP contribution in [0.2, 0.25) is 0 Å². The summed E-state index contributed by atoms with van der Waals surface area (Å²) in [5.41, 5.74) is 2.27. The molecule has 1 heterocycles. The molecular formula is C21H20N2O6. The number of hydrogen-bond donors (Lipinski definition) is 4. The maximum Gasteiger partial charge on any atom is 0.328 e. The molecule has 0 aliphatic rings. The lowest BCUT2D eigenvalue weighted by molar-refractivity contribution is -0.134. The molecule has 0 unspecified atom stereocenters. The molecule has 0 saturated carbocycles. The largest absolute Gasteiger partial charge is 0.507 e. The first-order valence-corrected chi connectivity index (χ1v) is 8.66. The summed E-state index contributed by atoms with van der Waals surface area (Å²) in [4.78, 5) is 38.8. The third-order valence-corrected chi connectivity index (χ3v) is 4.08. The van der Waals surface area contributed by atoms with Crippen molar-refractivity contribution in [2.75, 3.05) is 0 Å². The molecule has 150 valence electrons. The Bertz CT molecular complexity index is 1050. The molecule has 0 bridgehead atoms. The van der Waals surface area contributed by atoms with Crippen LogP contribution < -0.4 is 0 Å². The third kappa shape index (κ3) is 6.03. The zero-order valence-corrected chi connectivity index (χ0v) is 15.6. The fourth-order valence-electron chi connectivity index (χ4n) is 2.69. The van der Waals surface area contributed by atoms with Crippen LogP contribution in [0.5, 0.6) is 5.75 Å². The summed E-state index contributed by atoms with van der Waals surface area (Å²) in [6.07, 6.45) is 3.64. The van der Waals surface area contributed by atoms with Gasteiger partial charge in [-0.25, -0.2) is 14.6 Å². The molecule has 1 aromatic heterocycles. The molecule has 4 N–H and O–H groups in total. The highest BCUT2D eigenvalue weighted by molar-refractivity contribution is 6.10. The number of aromatic amines is 1. The first-order valence-electron chi connectivity index (χ1n) is 8.66. The number of carboxylic acid groups (broad SMARTS) is 2. The van der Waals surface area contributed by atoms with Gasteiger partial charge in [0.15, 0.2) is 5.78 Å². The van der Waals surface area contributed by atoms with E-state index in [2.05, 4.69) is 9.97 Å². The lowest BCUT2D eigenvalue weighted by Gasteiger charge is -2.08. The predicted octanol–water partition coefficient (Wildman–Crippen LogP) is 3.10. The monoisotopic (exact) mass is 396 g/mol. The second-order valence-electron chi connectivity index (χ2n) is 6.09. The minimum absolute atomic E-state index is 0.0393. The number of phenols is 1. The van der Waals surface area contributed by atoms with Crippen LogP contribution in [0.4, 0.5) is 0 Å². The summed E-state index contributed by atoms with van der Waals surface area (Å²) in [7, 11) is 0. The second kappa shape index (κ2) is 9.84. The highest BCUT2D eigenvalue weighted by Gasteiger charge is 2.16. The van der Waals surface area contributed by atoms with Crippen LogP contribution in [0.3, 0.4) is 0 Å². The summed E-state index contributed by atoms with van der Waals surface area (Å²) >= 11 is 0. The molecule has 29 heavy (non-hydrogen) atoms. The Hall–Kier alpha value is -3.94. The summed E-state index contributed by atoms with van der Waals surface area (Å²) in [6.45, 7) is 1.93. The van der Waals surface area contributed by atoms with Crippen molar-refractivity contribution >= 4 is 28.5 Å². The topological polar surface area (TPSA) is 141 Å². The van der Waals surface area contributed by atoms with Crippen molar-refractivity contribution in [3.8, 4) is 5.75 Å². The first-order chi connectivity index (χ1) is 13.8. The number of fused-ring (bicyclic) bond motifs is 1. The Morgan fingerprint density at radius 2 is 1.69 bits per heavy atom. The van der Waals surface area contributed by atoms with Crippen LogP contribution in [0.25, 0.3) is 10.8 Å². The predicted molar refractivity (Wildman–Crippen MR) is 106 cm³/mol. The van der Waals surface area contributed by atoms with Crippen LogP contribution in [0.15, 0.2) is 54.9 Å². The number of carbonyl (C=O) groups excluding carboxylic acids is 1. The molecular weight excluding hydrogens is 376 g/mol. The van der Waals surface area contributed by atoms with Gasteiger partial charge in [-0.2, -0.15) is 0 Å². The number of phenolic OH excluding ortho intramolecular Hbond substituents is 1. The number of carbonyl (C=O) groups is 3. The van der Waals surface area contributed by atoms with Crippen LogP contribution in [-0.4, -0.2) is 43.0 Å². The summed E-state index contributed by atoms with van der Waals surface area (Å²) < 4.78 is 0. The van der Waals surface area contributed by atoms with Crippen molar-refractivity contribution < 1.29 is 29.7 Å². The molecule has 0 radical (unpaired) electrons. The lowest BCUT2D eigenvalue weighted by atomic mass is 9.97. The van der Waals surface area contributed by atoms with Gasteiger partial charge >= 0.3 is 11.9 Å². The number of H-pyrrole nitrogens is 1. The van der Waals surface area contributed by atoms with E-state index < -0.39 is 11.9 Å². The van der Waals surface area contributed by atoms with Crippen molar-refractivity contribution in [3.63, 3.8) is 0 Å². The highest BCUT2D eigenvalue weighted by Crippen LogP contribution is 2.28. The van der Waals surface area contributed by atoms with E-state index in [-0.39, 0.29) is 11.5 Å². The Labute approximate surface area is 166 Å². The summed E-state index contributed by atoms with van der Waals surface area (Å²) in [6, 6.07) is 11.0.